The van der Waals surface area contributed by atoms with E-state index < -0.39 is 24.6 Å². The van der Waals surface area contributed by atoms with Gasteiger partial charge >= 0.3 is 5.97 Å². The third kappa shape index (κ3) is 6.58. The molecule has 2 atom stereocenters. The van der Waals surface area contributed by atoms with Crippen LogP contribution in [0.2, 0.25) is 0 Å². The van der Waals surface area contributed by atoms with Crippen molar-refractivity contribution in [1.82, 2.24) is 4.98 Å². The van der Waals surface area contributed by atoms with Gasteiger partial charge in [-0.05, 0) is 59.9 Å². The molecule has 7 heteroatoms. The number of pyridine rings is 1. The van der Waals surface area contributed by atoms with Crippen molar-refractivity contribution in [3.63, 3.8) is 0 Å². The number of hydrogen-bond donors (Lipinski definition) is 4. The molecule has 0 saturated heterocycles. The average Bonchev–Trinajstić information content (AvgIpc) is 2.70. The molecule has 1 aromatic carbocycles. The molecular weight excluding hydrogens is 413 g/mol. The molecule has 176 valence electrons. The lowest BCUT2D eigenvalue weighted by Crippen LogP contribution is -2.21. The topological polar surface area (TPSA) is 111 Å². The van der Waals surface area contributed by atoms with Gasteiger partial charge in [0.2, 0.25) is 0 Å². The van der Waals surface area contributed by atoms with Crippen molar-refractivity contribution >= 4 is 5.97 Å². The molecule has 4 N–H and O–H groups in total. The maximum absolute atomic E-state index is 13.6. The summed E-state index contributed by atoms with van der Waals surface area (Å²) in [6.45, 7) is 7.84. The molecule has 2 unspecified atom stereocenters. The van der Waals surface area contributed by atoms with E-state index in [4.69, 9.17) is 10.1 Å². The Morgan fingerprint density at radius 2 is 1.53 bits per heavy atom. The second-order valence-electron chi connectivity index (χ2n) is 8.87. The predicted molar refractivity (Wildman–Crippen MR) is 121 cm³/mol. The molecule has 0 fully saturated rings. The lowest BCUT2D eigenvalue weighted by molar-refractivity contribution is -0.139. The molecule has 0 saturated carbocycles. The lowest BCUT2D eigenvalue weighted by atomic mass is 9.85. The zero-order chi connectivity index (χ0) is 24.0. The van der Waals surface area contributed by atoms with Crippen LogP contribution in [0.1, 0.15) is 81.3 Å². The molecule has 32 heavy (non-hydrogen) atoms. The van der Waals surface area contributed by atoms with Crippen LogP contribution < -0.4 is 0 Å². The highest BCUT2D eigenvalue weighted by atomic mass is 19.1. The first-order valence-corrected chi connectivity index (χ1v) is 11.0. The van der Waals surface area contributed by atoms with Crippen LogP contribution in [0.25, 0.3) is 11.1 Å². The fraction of sp³-hybridized carbons (Fsp3) is 0.520. The number of hydrogen-bond acceptors (Lipinski definition) is 5. The quantitative estimate of drug-likeness (QED) is 0.412. The maximum atomic E-state index is 13.6. The lowest BCUT2D eigenvalue weighted by Gasteiger charge is -2.25. The summed E-state index contributed by atoms with van der Waals surface area (Å²) < 4.78 is 13.6. The summed E-state index contributed by atoms with van der Waals surface area (Å²) in [4.78, 5) is 15.7. The molecule has 0 bridgehead atoms. The summed E-state index contributed by atoms with van der Waals surface area (Å²) in [5.41, 5.74) is 4.75. The number of aliphatic carboxylic acids is 1. The van der Waals surface area contributed by atoms with Crippen molar-refractivity contribution in [3.05, 3.63) is 52.6 Å². The number of carbonyl (C=O) groups is 1. The number of aliphatic hydroxyl groups excluding tert-OH is 3. The third-order valence-corrected chi connectivity index (χ3v) is 5.53. The van der Waals surface area contributed by atoms with Crippen LogP contribution in [0.3, 0.4) is 0 Å². The van der Waals surface area contributed by atoms with Gasteiger partial charge in [0.15, 0.2) is 0 Å². The molecule has 2 rings (SSSR count). The van der Waals surface area contributed by atoms with Crippen LogP contribution in [-0.4, -0.2) is 43.6 Å². The summed E-state index contributed by atoms with van der Waals surface area (Å²) in [5.74, 6) is -1.33. The Hall–Kier alpha value is -2.35. The third-order valence-electron chi connectivity index (χ3n) is 5.53. The highest BCUT2D eigenvalue weighted by Gasteiger charge is 2.24. The van der Waals surface area contributed by atoms with Crippen LogP contribution in [0.5, 0.6) is 0 Å². The van der Waals surface area contributed by atoms with Gasteiger partial charge in [-0.25, -0.2) is 4.39 Å². The van der Waals surface area contributed by atoms with Gasteiger partial charge in [0.25, 0.3) is 0 Å². The molecule has 6 nitrogen and oxygen atoms in total. The molecule has 1 aromatic heterocycles. The van der Waals surface area contributed by atoms with E-state index in [2.05, 4.69) is 0 Å². The normalized spacial score (nSPS) is 13.6. The largest absolute Gasteiger partial charge is 0.481 e. The number of aliphatic hydroxyl groups is 3. The van der Waals surface area contributed by atoms with Gasteiger partial charge in [-0.1, -0.05) is 39.8 Å². The summed E-state index contributed by atoms with van der Waals surface area (Å²) >= 11 is 0. The van der Waals surface area contributed by atoms with E-state index in [-0.39, 0.29) is 37.1 Å². The number of carboxylic acid groups (broad SMARTS) is 1. The standard InChI is InChI=1S/C25H34FNO5/c1-14(2)24-20(10-9-18(29)11-19(30)12-22(31)32)23(16-5-7-17(26)8-6-16)21(13-28)25(27-24)15(3)4/h5-8,14-15,18-19,28-30H,9-13H2,1-4H3,(H,31,32). The van der Waals surface area contributed by atoms with Gasteiger partial charge in [-0.2, -0.15) is 0 Å². The van der Waals surface area contributed by atoms with E-state index in [0.717, 1.165) is 28.1 Å². The summed E-state index contributed by atoms with van der Waals surface area (Å²) in [6.07, 6.45) is -1.78. The Kier molecular flexibility index (Phi) is 9.31. The highest BCUT2D eigenvalue weighted by molar-refractivity contribution is 5.73. The van der Waals surface area contributed by atoms with Gasteiger partial charge in [0.05, 0.1) is 25.2 Å². The summed E-state index contributed by atoms with van der Waals surface area (Å²) in [5, 5.41) is 39.3. The van der Waals surface area contributed by atoms with Crippen molar-refractivity contribution < 1.29 is 29.6 Å². The Bertz CT molecular complexity index is 912. The van der Waals surface area contributed by atoms with E-state index in [0.29, 0.717) is 12.0 Å². The fourth-order valence-corrected chi connectivity index (χ4v) is 4.06. The van der Waals surface area contributed by atoms with E-state index in [1.54, 1.807) is 12.1 Å². The molecule has 0 amide bonds. The van der Waals surface area contributed by atoms with Crippen LogP contribution in [0.4, 0.5) is 4.39 Å². The van der Waals surface area contributed by atoms with E-state index in [1.165, 1.54) is 12.1 Å². The molecule has 0 aliphatic rings. The summed E-state index contributed by atoms with van der Waals surface area (Å²) in [7, 11) is 0. The fourth-order valence-electron chi connectivity index (χ4n) is 4.06. The highest BCUT2D eigenvalue weighted by Crippen LogP contribution is 2.37. The minimum atomic E-state index is -1.13. The number of rotatable bonds is 11. The number of aromatic nitrogens is 1. The van der Waals surface area contributed by atoms with Gasteiger partial charge in [0.1, 0.15) is 5.82 Å². The minimum absolute atomic E-state index is 0.0421. The van der Waals surface area contributed by atoms with Crippen molar-refractivity contribution in [1.29, 1.82) is 0 Å². The predicted octanol–water partition coefficient (Wildman–Crippen LogP) is 4.15. The van der Waals surface area contributed by atoms with Gasteiger partial charge < -0.3 is 20.4 Å². The first kappa shape index (κ1) is 25.9. The van der Waals surface area contributed by atoms with Gasteiger partial charge in [-0.3, -0.25) is 9.78 Å². The Balaban J connectivity index is 2.53. The molecule has 2 aromatic rings. The zero-order valence-corrected chi connectivity index (χ0v) is 19.2. The molecule has 0 aliphatic heterocycles. The van der Waals surface area contributed by atoms with Crippen molar-refractivity contribution in [2.75, 3.05) is 0 Å². The molecule has 0 radical (unpaired) electrons. The van der Waals surface area contributed by atoms with Crippen LogP contribution in [0, 0.1) is 5.82 Å². The minimum Gasteiger partial charge on any atom is -0.481 e. The Morgan fingerprint density at radius 1 is 0.969 bits per heavy atom. The molecular formula is C25H34FNO5. The van der Waals surface area contributed by atoms with Crippen molar-refractivity contribution in [2.24, 2.45) is 0 Å². The molecule has 0 aliphatic carbocycles. The van der Waals surface area contributed by atoms with Crippen molar-refractivity contribution in [3.8, 4) is 11.1 Å². The SMILES string of the molecule is CC(C)c1nc(C(C)C)c(CCC(O)CC(O)CC(=O)O)c(-c2ccc(F)cc2)c1CO. The van der Waals surface area contributed by atoms with E-state index in [9.17, 15) is 24.5 Å². The molecule has 0 spiro atoms. The van der Waals surface area contributed by atoms with Crippen LogP contribution >= 0.6 is 0 Å². The Labute approximate surface area is 188 Å². The van der Waals surface area contributed by atoms with Crippen LogP contribution in [0.15, 0.2) is 24.3 Å². The second-order valence-corrected chi connectivity index (χ2v) is 8.87. The smallest absolute Gasteiger partial charge is 0.305 e. The monoisotopic (exact) mass is 447 g/mol. The summed E-state index contributed by atoms with van der Waals surface area (Å²) in [6, 6.07) is 6.10. The van der Waals surface area contributed by atoms with Gasteiger partial charge in [-0.15, -0.1) is 0 Å². The van der Waals surface area contributed by atoms with E-state index >= 15 is 0 Å². The second kappa shape index (κ2) is 11.5. The van der Waals surface area contributed by atoms with E-state index in [1.807, 2.05) is 27.7 Å². The van der Waals surface area contributed by atoms with Gasteiger partial charge in [0, 0.05) is 17.0 Å². The maximum Gasteiger partial charge on any atom is 0.305 e. The average molecular weight is 448 g/mol. The number of carboxylic acids is 1. The first-order chi connectivity index (χ1) is 15.0. The van der Waals surface area contributed by atoms with Crippen molar-refractivity contribution in [2.45, 2.75) is 84.0 Å². The molecule has 1 heterocycles. The number of nitrogens with zero attached hydrogens (tertiary/aromatic N) is 1. The number of halogens is 1. The Morgan fingerprint density at radius 3 is 2.03 bits per heavy atom. The first-order valence-electron chi connectivity index (χ1n) is 11.0. The van der Waals surface area contributed by atoms with Crippen LogP contribution in [-0.2, 0) is 17.8 Å². The number of benzene rings is 1. The zero-order valence-electron chi connectivity index (χ0n) is 19.2.